The molecule has 0 aliphatic carbocycles. The summed E-state index contributed by atoms with van der Waals surface area (Å²) >= 11 is 0. The van der Waals surface area contributed by atoms with E-state index in [0.29, 0.717) is 11.9 Å². The van der Waals surface area contributed by atoms with E-state index < -0.39 is 0 Å². The molecule has 62 valence electrons. The van der Waals surface area contributed by atoms with E-state index in [2.05, 4.69) is 24.0 Å². The molecule has 4 heteroatoms. The van der Waals surface area contributed by atoms with Gasteiger partial charge in [0.2, 0.25) is 0 Å². The molecule has 0 spiro atoms. The van der Waals surface area contributed by atoms with E-state index in [-0.39, 0.29) is 0 Å². The first-order chi connectivity index (χ1) is 5.20. The Balaban J connectivity index is 2.49. The van der Waals surface area contributed by atoms with Gasteiger partial charge in [-0.3, -0.25) is 0 Å². The monoisotopic (exact) mass is 155 g/mol. The van der Waals surface area contributed by atoms with Crippen molar-refractivity contribution in [3.63, 3.8) is 0 Å². The fraction of sp³-hybridized carbons (Fsp3) is 0.714. The largest absolute Gasteiger partial charge is 0.327 e. The summed E-state index contributed by atoms with van der Waals surface area (Å²) in [6, 6.07) is 0.582. The van der Waals surface area contributed by atoms with Crippen molar-refractivity contribution in [2.75, 3.05) is 18.5 Å². The van der Waals surface area contributed by atoms with Gasteiger partial charge in [-0.2, -0.15) is 4.98 Å². The Morgan fingerprint density at radius 3 is 2.82 bits per heavy atom. The lowest BCUT2D eigenvalue weighted by atomic mass is 10.2. The average Bonchev–Trinajstić information content (AvgIpc) is 2.35. The molecule has 0 saturated heterocycles. The molecule has 0 bridgehead atoms. The zero-order valence-corrected chi connectivity index (χ0v) is 7.11. The quantitative estimate of drug-likeness (QED) is 0.657. The number of hydrogen-bond donors (Lipinski definition) is 0. The Hall–Kier alpha value is -1.06. The molecule has 1 aromatic rings. The minimum Gasteiger partial charge on any atom is -0.327 e. The molecule has 1 aromatic heterocycles. The van der Waals surface area contributed by atoms with E-state index in [1.54, 1.807) is 0 Å². The van der Waals surface area contributed by atoms with Crippen molar-refractivity contribution in [1.29, 1.82) is 0 Å². The smallest absolute Gasteiger partial charge is 0.323 e. The van der Waals surface area contributed by atoms with Crippen molar-refractivity contribution in [3.05, 3.63) is 6.33 Å². The van der Waals surface area contributed by atoms with E-state index in [0.717, 1.165) is 6.54 Å². The van der Waals surface area contributed by atoms with Crippen molar-refractivity contribution < 1.29 is 4.52 Å². The highest BCUT2D eigenvalue weighted by Crippen LogP contribution is 2.07. The van der Waals surface area contributed by atoms with Crippen molar-refractivity contribution >= 4 is 6.01 Å². The number of rotatable bonds is 3. The van der Waals surface area contributed by atoms with Gasteiger partial charge in [0.1, 0.15) is 0 Å². The summed E-state index contributed by atoms with van der Waals surface area (Å²) in [7, 11) is 1.94. The van der Waals surface area contributed by atoms with E-state index in [1.807, 2.05) is 11.9 Å². The summed E-state index contributed by atoms with van der Waals surface area (Å²) in [5, 5.41) is 3.52. The maximum atomic E-state index is 4.86. The first-order valence-electron chi connectivity index (χ1n) is 3.68. The molecular weight excluding hydrogens is 142 g/mol. The number of nitrogens with zero attached hydrogens (tertiary/aromatic N) is 3. The summed E-state index contributed by atoms with van der Waals surface area (Å²) in [6.45, 7) is 5.22. The van der Waals surface area contributed by atoms with Crippen LogP contribution in [-0.2, 0) is 0 Å². The number of hydrogen-bond acceptors (Lipinski definition) is 4. The second-order valence-electron chi connectivity index (χ2n) is 3.00. The molecule has 0 aliphatic rings. The van der Waals surface area contributed by atoms with Crippen LogP contribution in [0.5, 0.6) is 0 Å². The molecule has 0 aliphatic heterocycles. The SMILES string of the molecule is CC(C)CN(C)c1ncno1. The summed E-state index contributed by atoms with van der Waals surface area (Å²) < 4.78 is 4.86. The molecule has 0 saturated carbocycles. The fourth-order valence-electron chi connectivity index (χ4n) is 0.961. The molecule has 0 N–H and O–H groups in total. The zero-order chi connectivity index (χ0) is 8.27. The molecule has 0 amide bonds. The predicted molar refractivity (Wildman–Crippen MR) is 42.4 cm³/mol. The van der Waals surface area contributed by atoms with Crippen LogP contribution in [0.25, 0.3) is 0 Å². The highest BCUT2D eigenvalue weighted by molar-refractivity contribution is 5.20. The van der Waals surface area contributed by atoms with E-state index in [4.69, 9.17) is 4.52 Å². The molecule has 1 heterocycles. The van der Waals surface area contributed by atoms with Gasteiger partial charge >= 0.3 is 6.01 Å². The van der Waals surface area contributed by atoms with Crippen LogP contribution in [0.1, 0.15) is 13.8 Å². The Morgan fingerprint density at radius 2 is 2.36 bits per heavy atom. The Kier molecular flexibility index (Phi) is 2.46. The van der Waals surface area contributed by atoms with Crippen LogP contribution in [-0.4, -0.2) is 23.7 Å². The highest BCUT2D eigenvalue weighted by Gasteiger charge is 2.06. The molecule has 11 heavy (non-hydrogen) atoms. The van der Waals surface area contributed by atoms with Gasteiger partial charge in [0.05, 0.1) is 0 Å². The van der Waals surface area contributed by atoms with Crippen molar-refractivity contribution in [1.82, 2.24) is 10.1 Å². The molecule has 0 atom stereocenters. The summed E-state index contributed by atoms with van der Waals surface area (Å²) in [5.41, 5.74) is 0. The van der Waals surface area contributed by atoms with Crippen LogP contribution in [0.4, 0.5) is 6.01 Å². The van der Waals surface area contributed by atoms with Crippen LogP contribution >= 0.6 is 0 Å². The minimum absolute atomic E-state index is 0.582. The van der Waals surface area contributed by atoms with Gasteiger partial charge in [-0.25, -0.2) is 0 Å². The highest BCUT2D eigenvalue weighted by atomic mass is 16.5. The van der Waals surface area contributed by atoms with E-state index in [1.165, 1.54) is 6.33 Å². The lowest BCUT2D eigenvalue weighted by Gasteiger charge is -2.15. The summed E-state index contributed by atoms with van der Waals surface area (Å²) in [6.07, 6.45) is 1.41. The van der Waals surface area contributed by atoms with Crippen molar-refractivity contribution in [3.8, 4) is 0 Å². The lowest BCUT2D eigenvalue weighted by molar-refractivity contribution is 0.412. The van der Waals surface area contributed by atoms with Crippen LogP contribution in [0.2, 0.25) is 0 Å². The van der Waals surface area contributed by atoms with Gasteiger partial charge in [0.25, 0.3) is 0 Å². The third-order valence-corrected chi connectivity index (χ3v) is 1.32. The maximum Gasteiger partial charge on any atom is 0.323 e. The third-order valence-electron chi connectivity index (χ3n) is 1.32. The molecule has 1 rings (SSSR count). The average molecular weight is 155 g/mol. The van der Waals surface area contributed by atoms with Crippen LogP contribution in [0, 0.1) is 5.92 Å². The zero-order valence-electron chi connectivity index (χ0n) is 7.11. The van der Waals surface area contributed by atoms with Crippen LogP contribution in [0.3, 0.4) is 0 Å². The number of aromatic nitrogens is 2. The molecule has 4 nitrogen and oxygen atoms in total. The van der Waals surface area contributed by atoms with Gasteiger partial charge in [-0.05, 0) is 5.92 Å². The standard InChI is InChI=1S/C7H13N3O/c1-6(2)4-10(3)7-8-5-9-11-7/h5-6H,4H2,1-3H3. The molecular formula is C7H13N3O. The Labute approximate surface area is 66.2 Å². The summed E-state index contributed by atoms with van der Waals surface area (Å²) in [5.74, 6) is 0.604. The van der Waals surface area contributed by atoms with E-state index in [9.17, 15) is 0 Å². The lowest BCUT2D eigenvalue weighted by Crippen LogP contribution is -2.22. The Morgan fingerprint density at radius 1 is 1.64 bits per heavy atom. The van der Waals surface area contributed by atoms with Crippen LogP contribution < -0.4 is 4.90 Å². The van der Waals surface area contributed by atoms with Gasteiger partial charge < -0.3 is 9.42 Å². The molecule has 0 aromatic carbocycles. The predicted octanol–water partition coefficient (Wildman–Crippen LogP) is 1.16. The van der Waals surface area contributed by atoms with Crippen molar-refractivity contribution in [2.45, 2.75) is 13.8 Å². The van der Waals surface area contributed by atoms with Gasteiger partial charge in [0.15, 0.2) is 6.33 Å². The summed E-state index contributed by atoms with van der Waals surface area (Å²) in [4.78, 5) is 5.86. The van der Waals surface area contributed by atoms with Gasteiger partial charge in [0, 0.05) is 13.6 Å². The normalized spacial score (nSPS) is 10.5. The van der Waals surface area contributed by atoms with Crippen molar-refractivity contribution in [2.24, 2.45) is 5.92 Å². The maximum absolute atomic E-state index is 4.86. The van der Waals surface area contributed by atoms with E-state index >= 15 is 0 Å². The van der Waals surface area contributed by atoms with Crippen LogP contribution in [0.15, 0.2) is 10.9 Å². The fourth-order valence-corrected chi connectivity index (χ4v) is 0.961. The van der Waals surface area contributed by atoms with Gasteiger partial charge in [-0.1, -0.05) is 19.0 Å². The number of anilines is 1. The Bertz CT molecular complexity index is 195. The van der Waals surface area contributed by atoms with Gasteiger partial charge in [-0.15, -0.1) is 0 Å². The topological polar surface area (TPSA) is 42.2 Å². The molecule has 0 fully saturated rings. The second-order valence-corrected chi connectivity index (χ2v) is 3.00. The minimum atomic E-state index is 0.582. The first kappa shape index (κ1) is 8.04. The molecule has 0 unspecified atom stereocenters. The molecule has 0 radical (unpaired) electrons. The second kappa shape index (κ2) is 3.37. The first-order valence-corrected chi connectivity index (χ1v) is 3.68. The third kappa shape index (κ3) is 2.22.